The molecule has 0 saturated carbocycles. The van der Waals surface area contributed by atoms with Gasteiger partial charge < -0.3 is 4.74 Å². The summed E-state index contributed by atoms with van der Waals surface area (Å²) < 4.78 is 99.7. The lowest BCUT2D eigenvalue weighted by molar-refractivity contribution is -0.571. The van der Waals surface area contributed by atoms with Crippen molar-refractivity contribution in [3.8, 4) is 62.1 Å². The Labute approximate surface area is 394 Å². The lowest BCUT2D eigenvalue weighted by Crippen LogP contribution is -2.31. The van der Waals surface area contributed by atoms with Crippen molar-refractivity contribution in [3.63, 3.8) is 0 Å². The molecule has 0 aliphatic carbocycles. The summed E-state index contributed by atoms with van der Waals surface area (Å²) in [4.78, 5) is 4.95. The van der Waals surface area contributed by atoms with Gasteiger partial charge in [0.1, 0.15) is 17.3 Å². The quantitative estimate of drug-likeness (QED) is 0.113. The molecule has 5 heteroatoms. The van der Waals surface area contributed by atoms with Gasteiger partial charge in [-0.05, 0) is 118 Å². The van der Waals surface area contributed by atoms with Crippen LogP contribution >= 0.6 is 0 Å². The van der Waals surface area contributed by atoms with Crippen molar-refractivity contribution in [2.24, 2.45) is 0 Å². The highest BCUT2D eigenvalue weighted by atomic mass is 16.5. The number of aromatic nitrogens is 4. The Balaban J connectivity index is 1.08. The molecule has 0 saturated heterocycles. The largest absolute Gasteiger partial charge is 0.458 e. The number of rotatable bonds is 8. The molecule has 0 radical (unpaired) electrons. The summed E-state index contributed by atoms with van der Waals surface area (Å²) in [6.45, 7) is 10.9. The molecule has 0 bridgehead atoms. The van der Waals surface area contributed by atoms with Gasteiger partial charge in [-0.1, -0.05) is 160 Å². The molecule has 11 rings (SSSR count). The van der Waals surface area contributed by atoms with Crippen molar-refractivity contribution < 1.29 is 23.0 Å². The Morgan fingerprint density at radius 2 is 1.22 bits per heavy atom. The summed E-state index contributed by atoms with van der Waals surface area (Å²) in [5, 5.41) is 2.11. The number of hydrogen-bond acceptors (Lipinski definition) is 2. The number of imidazole rings is 1. The van der Waals surface area contributed by atoms with Gasteiger partial charge in [-0.2, -0.15) is 0 Å². The van der Waals surface area contributed by atoms with Crippen LogP contribution in [0.25, 0.3) is 83.4 Å². The summed E-state index contributed by atoms with van der Waals surface area (Å²) in [7, 11) is 0. The molecule has 5 nitrogen and oxygen atoms in total. The highest BCUT2D eigenvalue weighted by Gasteiger charge is 2.22. The lowest BCUT2D eigenvalue weighted by atomic mass is 9.88. The maximum absolute atomic E-state index is 9.05. The van der Waals surface area contributed by atoms with Crippen LogP contribution in [-0.2, 0) is 5.41 Å². The Hall–Kier alpha value is -8.02. The molecular formula is C60H48N4O. The highest BCUT2D eigenvalue weighted by molar-refractivity contribution is 6.10. The first-order valence-corrected chi connectivity index (χ1v) is 21.5. The first-order chi connectivity index (χ1) is 35.8. The van der Waals surface area contributed by atoms with E-state index in [0.717, 1.165) is 38.8 Å². The number of aryl methyl sites for hydroxylation is 2. The van der Waals surface area contributed by atoms with Crippen LogP contribution in [0.5, 0.6) is 11.5 Å². The van der Waals surface area contributed by atoms with E-state index in [0.29, 0.717) is 28.2 Å². The summed E-state index contributed by atoms with van der Waals surface area (Å²) in [5.41, 5.74) is 9.72. The average Bonchev–Trinajstić information content (AvgIpc) is 3.96. The number of para-hydroxylation sites is 3. The Bertz CT molecular complexity index is 4030. The minimum absolute atomic E-state index is 0.124. The molecule has 11 aromatic rings. The van der Waals surface area contributed by atoms with Crippen LogP contribution in [0.1, 0.15) is 51.2 Å². The Morgan fingerprint density at radius 1 is 0.585 bits per heavy atom. The molecule has 0 aliphatic rings. The SMILES string of the molecule is [2H]c1c([2H])c([2H])c(-c2cccc(-c3c([2H])c([2H])c([2H])c([2H])c3[2H])c2-[n+]2[c-]n(-c3cccc(Oc4ccc5c6ccc(-c7c(C)cccc7C)cc6n(-c6cc(C(C)(C)C)ccn6)c5c4)c3)c3ccccc32)c([2H])c1[2H]. The second-order valence-corrected chi connectivity index (χ2v) is 17.2. The third-order valence-corrected chi connectivity index (χ3v) is 12.0. The highest BCUT2D eigenvalue weighted by Crippen LogP contribution is 2.40. The summed E-state index contributed by atoms with van der Waals surface area (Å²) in [6, 6.07) is 37.7. The van der Waals surface area contributed by atoms with E-state index in [2.05, 4.69) is 100 Å². The molecule has 65 heavy (non-hydrogen) atoms. The molecule has 3 heterocycles. The third-order valence-electron chi connectivity index (χ3n) is 12.0. The fourth-order valence-corrected chi connectivity index (χ4v) is 8.94. The van der Waals surface area contributed by atoms with Crippen molar-refractivity contribution in [2.75, 3.05) is 0 Å². The second-order valence-electron chi connectivity index (χ2n) is 17.2. The number of fused-ring (bicyclic) bond motifs is 4. The zero-order valence-electron chi connectivity index (χ0n) is 46.5. The van der Waals surface area contributed by atoms with Gasteiger partial charge in [0.2, 0.25) is 0 Å². The van der Waals surface area contributed by atoms with Crippen LogP contribution in [0.15, 0.2) is 200 Å². The lowest BCUT2D eigenvalue weighted by Gasteiger charge is -2.20. The maximum Gasteiger partial charge on any atom is 0.269 e. The van der Waals surface area contributed by atoms with E-state index in [1.807, 2.05) is 66.9 Å². The number of pyridine rings is 1. The number of ether oxygens (including phenoxy) is 1. The van der Waals surface area contributed by atoms with Crippen LogP contribution in [-0.4, -0.2) is 14.1 Å². The first kappa shape index (κ1) is 30.1. The van der Waals surface area contributed by atoms with Gasteiger partial charge in [0, 0.05) is 23.0 Å². The van der Waals surface area contributed by atoms with E-state index >= 15 is 0 Å². The van der Waals surface area contributed by atoms with Crippen LogP contribution in [0.3, 0.4) is 0 Å². The van der Waals surface area contributed by atoms with Crippen molar-refractivity contribution >= 4 is 32.8 Å². The summed E-state index contributed by atoms with van der Waals surface area (Å²) in [5.74, 6) is 1.88. The summed E-state index contributed by atoms with van der Waals surface area (Å²) in [6.07, 6.45) is 5.32. The van der Waals surface area contributed by atoms with Gasteiger partial charge in [0.05, 0.1) is 47.1 Å². The van der Waals surface area contributed by atoms with Crippen molar-refractivity contribution in [2.45, 2.75) is 40.0 Å². The van der Waals surface area contributed by atoms with Crippen molar-refractivity contribution in [3.05, 3.63) is 223 Å². The van der Waals surface area contributed by atoms with E-state index in [9.17, 15) is 0 Å². The Morgan fingerprint density at radius 3 is 1.92 bits per heavy atom. The normalized spacial score (nSPS) is 13.9. The van der Waals surface area contributed by atoms with Crippen LogP contribution in [0.4, 0.5) is 0 Å². The van der Waals surface area contributed by atoms with Crippen molar-refractivity contribution in [1.29, 1.82) is 0 Å². The molecule has 0 amide bonds. The van der Waals surface area contributed by atoms with E-state index in [-0.39, 0.29) is 33.4 Å². The second kappa shape index (κ2) is 16.0. The zero-order valence-corrected chi connectivity index (χ0v) is 36.5. The van der Waals surface area contributed by atoms with Gasteiger partial charge >= 0.3 is 0 Å². The fraction of sp³-hybridized carbons (Fsp3) is 0.100. The predicted molar refractivity (Wildman–Crippen MR) is 267 cm³/mol. The van der Waals surface area contributed by atoms with Gasteiger partial charge in [-0.25, -0.2) is 4.98 Å². The van der Waals surface area contributed by atoms with Gasteiger partial charge in [-0.15, -0.1) is 0 Å². The minimum Gasteiger partial charge on any atom is -0.458 e. The van der Waals surface area contributed by atoms with Crippen LogP contribution in [0, 0.1) is 20.2 Å². The maximum atomic E-state index is 9.05. The van der Waals surface area contributed by atoms with Crippen LogP contribution < -0.4 is 9.30 Å². The molecule has 0 unspecified atom stereocenters. The molecule has 0 spiro atoms. The number of nitrogens with zero attached hydrogens (tertiary/aromatic N) is 4. The van der Waals surface area contributed by atoms with Gasteiger partial charge in [0.25, 0.3) is 6.33 Å². The van der Waals surface area contributed by atoms with Crippen molar-refractivity contribution in [1.82, 2.24) is 14.1 Å². The molecule has 3 aromatic heterocycles. The molecule has 0 N–H and O–H groups in total. The zero-order chi connectivity index (χ0) is 52.9. The Kier molecular flexibility index (Phi) is 7.40. The van der Waals surface area contributed by atoms with E-state index in [1.54, 1.807) is 27.3 Å². The predicted octanol–water partition coefficient (Wildman–Crippen LogP) is 14.9. The number of benzene rings is 8. The molecular weight excluding hydrogens is 793 g/mol. The van der Waals surface area contributed by atoms with Gasteiger partial charge in [0.15, 0.2) is 0 Å². The fourth-order valence-electron chi connectivity index (χ4n) is 8.94. The molecule has 0 aliphatic heterocycles. The van der Waals surface area contributed by atoms with E-state index in [1.165, 1.54) is 16.7 Å². The molecule has 314 valence electrons. The monoisotopic (exact) mass is 850 g/mol. The number of hydrogen-bond donors (Lipinski definition) is 0. The summed E-state index contributed by atoms with van der Waals surface area (Å²) >= 11 is 0. The third kappa shape index (κ3) is 7.16. The van der Waals surface area contributed by atoms with E-state index < -0.39 is 60.4 Å². The molecule has 8 aromatic carbocycles. The standard InChI is InChI=1S/C60H48N4O/c1-40-17-14-18-41(2)58(40)44-29-31-51-52-32-30-48(38-56(52)64(55(51)35-44)57-36-45(33-34-61-57)60(3,4)5)65-47-24-15-23-46(37-47)62-39-63(54-28-13-12-27-53(54)62)59-49(42-19-8-6-9-20-42)25-16-26-50(59)43-21-10-7-11-22-43/h6-38H,1-5H3/i6D,7D,8D,9D,10D,11D,19D,20D,21D,22D. The molecule has 0 fully saturated rings. The first-order valence-electron chi connectivity index (χ1n) is 26.5. The average molecular weight is 851 g/mol. The van der Waals surface area contributed by atoms with Crippen LogP contribution in [0.2, 0.25) is 0 Å². The minimum atomic E-state index is -0.567. The van der Waals surface area contributed by atoms with E-state index in [4.69, 9.17) is 23.4 Å². The smallest absolute Gasteiger partial charge is 0.269 e. The topological polar surface area (TPSA) is 35.9 Å². The molecule has 0 atom stereocenters. The van der Waals surface area contributed by atoms with Gasteiger partial charge in [-0.3, -0.25) is 13.7 Å².